The molecule has 0 radical (unpaired) electrons. The van der Waals surface area contributed by atoms with E-state index in [-0.39, 0.29) is 0 Å². The number of aromatic nitrogens is 2. The van der Waals surface area contributed by atoms with Crippen LogP contribution in [0.5, 0.6) is 11.6 Å². The monoisotopic (exact) mass is 334 g/mol. The van der Waals surface area contributed by atoms with Crippen molar-refractivity contribution in [1.82, 2.24) is 9.97 Å². The molecule has 0 aliphatic rings. The number of nitrogens with zero attached hydrogens (tertiary/aromatic N) is 2. The average molecular weight is 334 g/mol. The molecule has 0 atom stereocenters. The van der Waals surface area contributed by atoms with Crippen LogP contribution in [-0.4, -0.2) is 9.97 Å². The minimum atomic E-state index is 0.336. The molecule has 0 unspecified atom stereocenters. The van der Waals surface area contributed by atoms with E-state index in [1.165, 1.54) is 11.9 Å². The highest BCUT2D eigenvalue weighted by Crippen LogP contribution is 2.32. The molecule has 0 saturated carbocycles. The van der Waals surface area contributed by atoms with Crippen LogP contribution in [-0.2, 0) is 0 Å². The van der Waals surface area contributed by atoms with E-state index in [2.05, 4.69) is 29.1 Å². The molecule has 5 nitrogen and oxygen atoms in total. The fourth-order valence-electron chi connectivity index (χ4n) is 2.43. The van der Waals surface area contributed by atoms with Crippen LogP contribution < -0.4 is 15.8 Å². The van der Waals surface area contributed by atoms with Gasteiger partial charge in [-0.2, -0.15) is 4.98 Å². The number of ether oxygens (including phenoxy) is 1. The zero-order valence-corrected chi connectivity index (χ0v) is 14.7. The molecule has 0 aliphatic carbocycles. The van der Waals surface area contributed by atoms with Gasteiger partial charge in [0.05, 0.1) is 0 Å². The van der Waals surface area contributed by atoms with Crippen molar-refractivity contribution in [2.45, 2.75) is 26.7 Å². The normalized spacial score (nSPS) is 10.7. The minimum Gasteiger partial charge on any atom is -0.437 e. The summed E-state index contributed by atoms with van der Waals surface area (Å²) in [5.74, 6) is 2.03. The number of nitrogens with one attached hydrogen (secondary N) is 1. The highest BCUT2D eigenvalue weighted by molar-refractivity contribution is 5.73. The summed E-state index contributed by atoms with van der Waals surface area (Å²) < 4.78 is 5.84. The number of benzene rings is 2. The third-order valence-corrected chi connectivity index (χ3v) is 4.01. The molecule has 3 N–H and O–H groups in total. The third-order valence-electron chi connectivity index (χ3n) is 4.01. The Balaban J connectivity index is 1.82. The van der Waals surface area contributed by atoms with E-state index in [1.54, 1.807) is 0 Å². The lowest BCUT2D eigenvalue weighted by atomic mass is 10.0. The van der Waals surface area contributed by atoms with Crippen molar-refractivity contribution in [3.63, 3.8) is 0 Å². The SMILES string of the molecule is Cc1ccccc1Nc1ncnc(Oc2ccc(C(C)C)cc2)c1N. The maximum atomic E-state index is 6.19. The molecule has 1 heterocycles. The predicted molar refractivity (Wildman–Crippen MR) is 102 cm³/mol. The van der Waals surface area contributed by atoms with E-state index in [0.29, 0.717) is 29.1 Å². The number of hydrogen-bond acceptors (Lipinski definition) is 5. The predicted octanol–water partition coefficient (Wildman–Crippen LogP) is 5.03. The van der Waals surface area contributed by atoms with E-state index in [4.69, 9.17) is 10.5 Å². The van der Waals surface area contributed by atoms with Crippen LogP contribution in [0.25, 0.3) is 0 Å². The number of aryl methyl sites for hydroxylation is 1. The molecule has 3 aromatic rings. The Bertz CT molecular complexity index is 860. The van der Waals surface area contributed by atoms with Crippen molar-refractivity contribution in [2.75, 3.05) is 11.1 Å². The molecule has 128 valence electrons. The molecule has 0 spiro atoms. The molecule has 0 aliphatic heterocycles. The summed E-state index contributed by atoms with van der Waals surface area (Å²) in [6.45, 7) is 6.33. The first-order valence-corrected chi connectivity index (χ1v) is 8.25. The molecule has 2 aromatic carbocycles. The van der Waals surface area contributed by atoms with Gasteiger partial charge in [-0.15, -0.1) is 0 Å². The van der Waals surface area contributed by atoms with Crippen molar-refractivity contribution in [3.05, 3.63) is 66.0 Å². The number of nitrogens with two attached hydrogens (primary N) is 1. The van der Waals surface area contributed by atoms with Crippen LogP contribution in [0.15, 0.2) is 54.9 Å². The number of para-hydroxylation sites is 1. The van der Waals surface area contributed by atoms with Gasteiger partial charge in [-0.05, 0) is 42.2 Å². The summed E-state index contributed by atoms with van der Waals surface area (Å²) in [4.78, 5) is 8.38. The Morgan fingerprint density at radius 2 is 1.72 bits per heavy atom. The second-order valence-corrected chi connectivity index (χ2v) is 6.21. The van der Waals surface area contributed by atoms with E-state index in [9.17, 15) is 0 Å². The highest BCUT2D eigenvalue weighted by atomic mass is 16.5. The van der Waals surface area contributed by atoms with Crippen molar-refractivity contribution in [2.24, 2.45) is 0 Å². The van der Waals surface area contributed by atoms with Gasteiger partial charge in [-0.1, -0.05) is 44.2 Å². The van der Waals surface area contributed by atoms with Crippen molar-refractivity contribution < 1.29 is 4.74 Å². The van der Waals surface area contributed by atoms with Crippen LogP contribution in [0.1, 0.15) is 30.9 Å². The first-order chi connectivity index (χ1) is 12.0. The Morgan fingerprint density at radius 3 is 2.40 bits per heavy atom. The average Bonchev–Trinajstić information content (AvgIpc) is 2.61. The topological polar surface area (TPSA) is 73.1 Å². The standard InChI is InChI=1S/C20H22N4O/c1-13(2)15-8-10-16(11-9-15)25-20-18(21)19(22-12-23-20)24-17-7-5-4-6-14(17)3/h4-13H,21H2,1-3H3,(H,22,23,24). The molecule has 0 fully saturated rings. The van der Waals surface area contributed by atoms with Crippen molar-refractivity contribution >= 4 is 17.2 Å². The Hall–Kier alpha value is -3.08. The van der Waals surface area contributed by atoms with Crippen molar-refractivity contribution in [3.8, 4) is 11.6 Å². The fourth-order valence-corrected chi connectivity index (χ4v) is 2.43. The van der Waals surface area contributed by atoms with Gasteiger partial charge >= 0.3 is 0 Å². The van der Waals surface area contributed by atoms with Gasteiger partial charge in [0.25, 0.3) is 0 Å². The summed E-state index contributed by atoms with van der Waals surface area (Å²) >= 11 is 0. The molecular weight excluding hydrogens is 312 g/mol. The van der Waals surface area contributed by atoms with Crippen LogP contribution in [0.3, 0.4) is 0 Å². The smallest absolute Gasteiger partial charge is 0.248 e. The molecular formula is C20H22N4O. The van der Waals surface area contributed by atoms with Gasteiger partial charge in [0, 0.05) is 5.69 Å². The van der Waals surface area contributed by atoms with E-state index in [1.807, 2.05) is 55.5 Å². The molecule has 1 aromatic heterocycles. The first kappa shape index (κ1) is 16.8. The lowest BCUT2D eigenvalue weighted by Gasteiger charge is -2.13. The van der Waals surface area contributed by atoms with Gasteiger partial charge in [0.1, 0.15) is 17.8 Å². The number of hydrogen-bond donors (Lipinski definition) is 2. The highest BCUT2D eigenvalue weighted by Gasteiger charge is 2.11. The molecule has 0 saturated heterocycles. The summed E-state index contributed by atoms with van der Waals surface area (Å²) in [5, 5.41) is 3.23. The maximum absolute atomic E-state index is 6.19. The maximum Gasteiger partial charge on any atom is 0.248 e. The lowest BCUT2D eigenvalue weighted by molar-refractivity contribution is 0.464. The van der Waals surface area contributed by atoms with E-state index < -0.39 is 0 Å². The van der Waals surface area contributed by atoms with Crippen LogP contribution >= 0.6 is 0 Å². The van der Waals surface area contributed by atoms with Gasteiger partial charge in [-0.3, -0.25) is 0 Å². The Kier molecular flexibility index (Phi) is 4.84. The Labute approximate surface area is 147 Å². The number of anilines is 3. The zero-order chi connectivity index (χ0) is 17.8. The second kappa shape index (κ2) is 7.21. The summed E-state index contributed by atoms with van der Waals surface area (Å²) in [7, 11) is 0. The van der Waals surface area contributed by atoms with Crippen molar-refractivity contribution in [1.29, 1.82) is 0 Å². The zero-order valence-electron chi connectivity index (χ0n) is 14.7. The molecule has 0 bridgehead atoms. The summed E-state index contributed by atoms with van der Waals surface area (Å²) in [6, 6.07) is 15.9. The second-order valence-electron chi connectivity index (χ2n) is 6.21. The number of nitrogen functional groups attached to an aromatic ring is 1. The van der Waals surface area contributed by atoms with Gasteiger partial charge < -0.3 is 15.8 Å². The summed E-state index contributed by atoms with van der Waals surface area (Å²) in [5.41, 5.74) is 9.87. The molecule has 5 heteroatoms. The number of rotatable bonds is 5. The largest absolute Gasteiger partial charge is 0.437 e. The van der Waals surface area contributed by atoms with Gasteiger partial charge in [-0.25, -0.2) is 4.98 Å². The molecule has 0 amide bonds. The van der Waals surface area contributed by atoms with Crippen LogP contribution in [0, 0.1) is 6.92 Å². The lowest BCUT2D eigenvalue weighted by Crippen LogP contribution is -2.03. The quantitative estimate of drug-likeness (QED) is 0.685. The van der Waals surface area contributed by atoms with Gasteiger partial charge in [0.15, 0.2) is 5.82 Å². The van der Waals surface area contributed by atoms with E-state index in [0.717, 1.165) is 11.3 Å². The van der Waals surface area contributed by atoms with Gasteiger partial charge in [0.2, 0.25) is 5.88 Å². The minimum absolute atomic E-state index is 0.336. The third kappa shape index (κ3) is 3.88. The fraction of sp³-hybridized carbons (Fsp3) is 0.200. The first-order valence-electron chi connectivity index (χ1n) is 8.25. The van der Waals surface area contributed by atoms with E-state index >= 15 is 0 Å². The Morgan fingerprint density at radius 1 is 1.00 bits per heavy atom. The molecule has 25 heavy (non-hydrogen) atoms. The summed E-state index contributed by atoms with van der Waals surface area (Å²) in [6.07, 6.45) is 1.44. The molecule has 3 rings (SSSR count). The van der Waals surface area contributed by atoms with Crippen LogP contribution in [0.4, 0.5) is 17.2 Å². The van der Waals surface area contributed by atoms with Crippen LogP contribution in [0.2, 0.25) is 0 Å².